The molecule has 0 aliphatic carbocycles. The Hall–Kier alpha value is -2.50. The summed E-state index contributed by atoms with van der Waals surface area (Å²) in [5.41, 5.74) is 2.03. The topological polar surface area (TPSA) is 84.4 Å². The standard InChI is InChI=1S/C13H14N2O4/c1-7-4-8(18-2)5-10(19-3)11(7)12-9(13(16)17)6-14-15-12/h4-6H,1-3H3,(H,14,15)(H,16,17). The molecule has 1 aromatic heterocycles. The highest BCUT2D eigenvalue weighted by Crippen LogP contribution is 2.37. The Morgan fingerprint density at radius 2 is 2.05 bits per heavy atom. The van der Waals surface area contributed by atoms with Crippen molar-refractivity contribution < 1.29 is 19.4 Å². The van der Waals surface area contributed by atoms with Crippen molar-refractivity contribution in [1.82, 2.24) is 10.2 Å². The molecule has 0 saturated carbocycles. The fourth-order valence-corrected chi connectivity index (χ4v) is 1.96. The molecule has 0 aliphatic heterocycles. The van der Waals surface area contributed by atoms with Crippen molar-refractivity contribution in [3.63, 3.8) is 0 Å². The van der Waals surface area contributed by atoms with E-state index in [0.29, 0.717) is 22.8 Å². The van der Waals surface area contributed by atoms with E-state index >= 15 is 0 Å². The highest BCUT2D eigenvalue weighted by atomic mass is 16.5. The third-order valence-electron chi connectivity index (χ3n) is 2.85. The van der Waals surface area contributed by atoms with Gasteiger partial charge in [0.2, 0.25) is 0 Å². The lowest BCUT2D eigenvalue weighted by atomic mass is 10.0. The van der Waals surface area contributed by atoms with Gasteiger partial charge in [-0.05, 0) is 18.6 Å². The number of carbonyl (C=O) groups is 1. The second kappa shape index (κ2) is 5.01. The van der Waals surface area contributed by atoms with Crippen LogP contribution in [0.15, 0.2) is 18.3 Å². The minimum Gasteiger partial charge on any atom is -0.497 e. The molecule has 100 valence electrons. The van der Waals surface area contributed by atoms with E-state index in [0.717, 1.165) is 5.56 Å². The van der Waals surface area contributed by atoms with E-state index in [2.05, 4.69) is 10.2 Å². The maximum absolute atomic E-state index is 11.2. The summed E-state index contributed by atoms with van der Waals surface area (Å²) in [6, 6.07) is 3.51. The van der Waals surface area contributed by atoms with Crippen molar-refractivity contribution in [2.75, 3.05) is 14.2 Å². The van der Waals surface area contributed by atoms with Crippen LogP contribution in [0.4, 0.5) is 0 Å². The smallest absolute Gasteiger partial charge is 0.339 e. The SMILES string of the molecule is COc1cc(C)c(-c2[nH]ncc2C(=O)O)c(OC)c1. The summed E-state index contributed by atoms with van der Waals surface area (Å²) in [5, 5.41) is 15.6. The van der Waals surface area contributed by atoms with Gasteiger partial charge in [-0.2, -0.15) is 5.10 Å². The Kier molecular flexibility index (Phi) is 3.41. The van der Waals surface area contributed by atoms with Gasteiger partial charge in [0.05, 0.1) is 26.1 Å². The van der Waals surface area contributed by atoms with Gasteiger partial charge in [-0.3, -0.25) is 5.10 Å². The van der Waals surface area contributed by atoms with Gasteiger partial charge in [0.15, 0.2) is 0 Å². The van der Waals surface area contributed by atoms with Crippen molar-refractivity contribution in [3.05, 3.63) is 29.5 Å². The molecule has 6 nitrogen and oxygen atoms in total. The Balaban J connectivity index is 2.67. The maximum Gasteiger partial charge on any atom is 0.339 e. The minimum atomic E-state index is -1.04. The monoisotopic (exact) mass is 262 g/mol. The van der Waals surface area contributed by atoms with Gasteiger partial charge < -0.3 is 14.6 Å². The molecule has 2 N–H and O–H groups in total. The molecule has 0 spiro atoms. The van der Waals surface area contributed by atoms with Gasteiger partial charge in [-0.1, -0.05) is 0 Å². The molecular formula is C13H14N2O4. The van der Waals surface area contributed by atoms with Gasteiger partial charge >= 0.3 is 5.97 Å². The molecule has 1 aromatic carbocycles. The number of aromatic nitrogens is 2. The van der Waals surface area contributed by atoms with Crippen LogP contribution in [0.25, 0.3) is 11.3 Å². The fourth-order valence-electron chi connectivity index (χ4n) is 1.96. The molecule has 0 radical (unpaired) electrons. The van der Waals surface area contributed by atoms with Crippen LogP contribution in [0, 0.1) is 6.92 Å². The molecule has 19 heavy (non-hydrogen) atoms. The maximum atomic E-state index is 11.2. The molecule has 2 rings (SSSR count). The highest BCUT2D eigenvalue weighted by molar-refractivity contribution is 5.96. The van der Waals surface area contributed by atoms with Crippen LogP contribution in [0.1, 0.15) is 15.9 Å². The number of ether oxygens (including phenoxy) is 2. The van der Waals surface area contributed by atoms with E-state index in [9.17, 15) is 4.79 Å². The number of benzene rings is 1. The fraction of sp³-hybridized carbons (Fsp3) is 0.231. The van der Waals surface area contributed by atoms with E-state index in [4.69, 9.17) is 14.6 Å². The Bertz CT molecular complexity index is 619. The zero-order chi connectivity index (χ0) is 14.0. The molecule has 0 bridgehead atoms. The number of nitrogens with one attached hydrogen (secondary N) is 1. The molecule has 2 aromatic rings. The lowest BCUT2D eigenvalue weighted by molar-refractivity contribution is 0.0698. The minimum absolute atomic E-state index is 0.103. The van der Waals surface area contributed by atoms with Crippen LogP contribution in [-0.2, 0) is 0 Å². The Labute approximate surface area is 110 Å². The first-order valence-electron chi connectivity index (χ1n) is 5.58. The number of carboxylic acid groups (broad SMARTS) is 1. The predicted molar refractivity (Wildman–Crippen MR) is 68.8 cm³/mol. The zero-order valence-corrected chi connectivity index (χ0v) is 10.9. The number of hydrogen-bond donors (Lipinski definition) is 2. The van der Waals surface area contributed by atoms with Crippen LogP contribution in [0.2, 0.25) is 0 Å². The van der Waals surface area contributed by atoms with E-state index < -0.39 is 5.97 Å². The molecule has 0 atom stereocenters. The largest absolute Gasteiger partial charge is 0.497 e. The Morgan fingerprint density at radius 1 is 1.32 bits per heavy atom. The lowest BCUT2D eigenvalue weighted by Gasteiger charge is -2.13. The summed E-state index contributed by atoms with van der Waals surface area (Å²) in [4.78, 5) is 11.2. The lowest BCUT2D eigenvalue weighted by Crippen LogP contribution is -2.00. The number of aromatic carboxylic acids is 1. The summed E-state index contributed by atoms with van der Waals surface area (Å²) in [6.45, 7) is 1.85. The molecule has 6 heteroatoms. The first-order valence-corrected chi connectivity index (χ1v) is 5.58. The van der Waals surface area contributed by atoms with Gasteiger partial charge in [-0.15, -0.1) is 0 Å². The summed E-state index contributed by atoms with van der Waals surface area (Å²) in [5.74, 6) is 0.138. The van der Waals surface area contributed by atoms with Crippen LogP contribution in [-0.4, -0.2) is 35.5 Å². The van der Waals surface area contributed by atoms with Crippen LogP contribution < -0.4 is 9.47 Å². The predicted octanol–water partition coefficient (Wildman–Crippen LogP) is 2.10. The zero-order valence-electron chi connectivity index (χ0n) is 10.9. The number of aryl methyl sites for hydroxylation is 1. The number of nitrogens with zero attached hydrogens (tertiary/aromatic N) is 1. The summed E-state index contributed by atoms with van der Waals surface area (Å²) in [6.07, 6.45) is 1.28. The molecule has 0 amide bonds. The first kappa shape index (κ1) is 12.9. The van der Waals surface area contributed by atoms with Gasteiger partial charge in [0.1, 0.15) is 17.1 Å². The number of hydrogen-bond acceptors (Lipinski definition) is 4. The quantitative estimate of drug-likeness (QED) is 0.881. The molecule has 0 unspecified atom stereocenters. The van der Waals surface area contributed by atoms with Gasteiger partial charge in [-0.25, -0.2) is 4.79 Å². The Morgan fingerprint density at radius 3 is 2.63 bits per heavy atom. The third kappa shape index (κ3) is 2.24. The molecule has 1 heterocycles. The normalized spacial score (nSPS) is 10.3. The van der Waals surface area contributed by atoms with Crippen molar-refractivity contribution in [1.29, 1.82) is 0 Å². The molecule has 0 saturated heterocycles. The number of rotatable bonds is 4. The van der Waals surface area contributed by atoms with E-state index in [1.165, 1.54) is 13.3 Å². The number of methoxy groups -OCH3 is 2. The van der Waals surface area contributed by atoms with Gasteiger partial charge in [0, 0.05) is 11.6 Å². The van der Waals surface area contributed by atoms with Crippen molar-refractivity contribution >= 4 is 5.97 Å². The average molecular weight is 262 g/mol. The number of aromatic amines is 1. The van der Waals surface area contributed by atoms with Crippen LogP contribution in [0.5, 0.6) is 11.5 Å². The summed E-state index contributed by atoms with van der Waals surface area (Å²) < 4.78 is 10.5. The second-order valence-corrected chi connectivity index (χ2v) is 3.99. The summed E-state index contributed by atoms with van der Waals surface area (Å²) >= 11 is 0. The van der Waals surface area contributed by atoms with E-state index in [1.54, 1.807) is 13.2 Å². The second-order valence-electron chi connectivity index (χ2n) is 3.99. The van der Waals surface area contributed by atoms with Crippen LogP contribution >= 0.6 is 0 Å². The molecule has 0 fully saturated rings. The van der Waals surface area contributed by atoms with Crippen molar-refractivity contribution in [2.24, 2.45) is 0 Å². The van der Waals surface area contributed by atoms with E-state index in [-0.39, 0.29) is 5.56 Å². The van der Waals surface area contributed by atoms with Crippen molar-refractivity contribution in [2.45, 2.75) is 6.92 Å². The van der Waals surface area contributed by atoms with E-state index in [1.807, 2.05) is 13.0 Å². The third-order valence-corrected chi connectivity index (χ3v) is 2.85. The summed E-state index contributed by atoms with van der Waals surface area (Å²) in [7, 11) is 3.08. The van der Waals surface area contributed by atoms with Crippen LogP contribution in [0.3, 0.4) is 0 Å². The molecular weight excluding hydrogens is 248 g/mol. The number of H-pyrrole nitrogens is 1. The van der Waals surface area contributed by atoms with Gasteiger partial charge in [0.25, 0.3) is 0 Å². The average Bonchev–Trinajstić information content (AvgIpc) is 2.86. The number of carboxylic acids is 1. The van der Waals surface area contributed by atoms with Crippen molar-refractivity contribution in [3.8, 4) is 22.8 Å². The molecule has 0 aliphatic rings. The highest BCUT2D eigenvalue weighted by Gasteiger charge is 2.20. The first-order chi connectivity index (χ1) is 9.08.